The van der Waals surface area contributed by atoms with Crippen LogP contribution in [0, 0.1) is 6.92 Å². The average Bonchev–Trinajstić information content (AvgIpc) is 2.41. The molecule has 0 saturated heterocycles. The zero-order valence-corrected chi connectivity index (χ0v) is 12.4. The van der Waals surface area contributed by atoms with E-state index in [1.165, 1.54) is 57.7 Å². The topological polar surface area (TPSA) is 63.8 Å². The molecule has 0 atom stereocenters. The van der Waals surface area contributed by atoms with Gasteiger partial charge in [0.05, 0.1) is 0 Å². The van der Waals surface area contributed by atoms with Gasteiger partial charge in [0.25, 0.3) is 0 Å². The van der Waals surface area contributed by atoms with Gasteiger partial charge in [-0.15, -0.1) is 0 Å². The van der Waals surface area contributed by atoms with Crippen LogP contribution in [0.1, 0.15) is 63.9 Å². The number of hydrogen-bond donors (Lipinski definition) is 2. The quantitative estimate of drug-likeness (QED) is 0.629. The highest BCUT2D eigenvalue weighted by molar-refractivity contribution is 5.53. The Morgan fingerprint density at radius 3 is 2.32 bits per heavy atom. The first-order chi connectivity index (χ1) is 9.25. The lowest BCUT2D eigenvalue weighted by Gasteiger charge is -2.09. The van der Waals surface area contributed by atoms with Crippen molar-refractivity contribution in [1.29, 1.82) is 0 Å². The molecule has 1 rings (SSSR count). The summed E-state index contributed by atoms with van der Waals surface area (Å²) in [5, 5.41) is 3.33. The van der Waals surface area contributed by atoms with Crippen molar-refractivity contribution >= 4 is 11.6 Å². The van der Waals surface area contributed by atoms with Gasteiger partial charge in [-0.2, -0.15) is 0 Å². The maximum absolute atomic E-state index is 5.74. The lowest BCUT2D eigenvalue weighted by atomic mass is 10.1. The fourth-order valence-corrected chi connectivity index (χ4v) is 2.11. The van der Waals surface area contributed by atoms with Crippen LogP contribution in [-0.4, -0.2) is 16.5 Å². The Morgan fingerprint density at radius 1 is 1.00 bits per heavy atom. The third-order valence-corrected chi connectivity index (χ3v) is 3.45. The van der Waals surface area contributed by atoms with Crippen LogP contribution in [0.15, 0.2) is 6.33 Å². The highest BCUT2D eigenvalue weighted by atomic mass is 15.0. The molecule has 19 heavy (non-hydrogen) atoms. The van der Waals surface area contributed by atoms with E-state index in [9.17, 15) is 0 Å². The zero-order valence-electron chi connectivity index (χ0n) is 12.4. The molecule has 1 aromatic rings. The van der Waals surface area contributed by atoms with Crippen LogP contribution in [-0.2, 0) is 0 Å². The monoisotopic (exact) mass is 264 g/mol. The molecule has 0 aromatic carbocycles. The largest absolute Gasteiger partial charge is 0.383 e. The number of nitrogens with two attached hydrogens (primary N) is 1. The molecule has 0 spiro atoms. The Hall–Kier alpha value is -1.32. The zero-order chi connectivity index (χ0) is 13.9. The van der Waals surface area contributed by atoms with Gasteiger partial charge < -0.3 is 11.1 Å². The summed E-state index contributed by atoms with van der Waals surface area (Å²) < 4.78 is 0. The second-order valence-electron chi connectivity index (χ2n) is 5.13. The van der Waals surface area contributed by atoms with Crippen molar-refractivity contribution in [2.24, 2.45) is 0 Å². The molecule has 1 aromatic heterocycles. The van der Waals surface area contributed by atoms with E-state index in [4.69, 9.17) is 5.73 Å². The second kappa shape index (κ2) is 9.59. The Labute approximate surface area is 117 Å². The normalized spacial score (nSPS) is 10.6. The molecule has 4 nitrogen and oxygen atoms in total. The van der Waals surface area contributed by atoms with Crippen molar-refractivity contribution in [3.63, 3.8) is 0 Å². The summed E-state index contributed by atoms with van der Waals surface area (Å²) in [5.41, 5.74) is 6.69. The second-order valence-corrected chi connectivity index (χ2v) is 5.13. The summed E-state index contributed by atoms with van der Waals surface area (Å²) in [5.74, 6) is 1.43. The van der Waals surface area contributed by atoms with Crippen molar-refractivity contribution in [3.05, 3.63) is 11.9 Å². The molecule has 108 valence electrons. The van der Waals surface area contributed by atoms with Gasteiger partial charge in [0.15, 0.2) is 0 Å². The first kappa shape index (κ1) is 15.7. The first-order valence-electron chi connectivity index (χ1n) is 7.56. The van der Waals surface area contributed by atoms with Gasteiger partial charge in [-0.3, -0.25) is 0 Å². The lowest BCUT2D eigenvalue weighted by molar-refractivity contribution is 0.581. The summed E-state index contributed by atoms with van der Waals surface area (Å²) in [6.07, 6.45) is 12.2. The van der Waals surface area contributed by atoms with Gasteiger partial charge in [-0.05, 0) is 13.3 Å². The molecule has 4 heteroatoms. The molecular formula is C15H28N4. The van der Waals surface area contributed by atoms with E-state index in [1.807, 2.05) is 6.92 Å². The molecule has 0 amide bonds. The number of aromatic nitrogens is 2. The van der Waals surface area contributed by atoms with Crippen molar-refractivity contribution < 1.29 is 0 Å². The van der Waals surface area contributed by atoms with Gasteiger partial charge in [0.2, 0.25) is 0 Å². The number of nitrogens with zero attached hydrogens (tertiary/aromatic N) is 2. The summed E-state index contributed by atoms with van der Waals surface area (Å²) in [6.45, 7) is 5.17. The van der Waals surface area contributed by atoms with Crippen LogP contribution >= 0.6 is 0 Å². The van der Waals surface area contributed by atoms with E-state index in [2.05, 4.69) is 22.2 Å². The molecule has 0 saturated carbocycles. The lowest BCUT2D eigenvalue weighted by Crippen LogP contribution is -2.07. The minimum atomic E-state index is 0.563. The van der Waals surface area contributed by atoms with Crippen molar-refractivity contribution in [2.75, 3.05) is 17.6 Å². The van der Waals surface area contributed by atoms with Gasteiger partial charge >= 0.3 is 0 Å². The van der Waals surface area contributed by atoms with Crippen LogP contribution in [0.2, 0.25) is 0 Å². The molecule has 0 bridgehead atoms. The van der Waals surface area contributed by atoms with Gasteiger partial charge in [0, 0.05) is 12.1 Å². The van der Waals surface area contributed by atoms with Crippen LogP contribution in [0.4, 0.5) is 11.6 Å². The highest BCUT2D eigenvalue weighted by Crippen LogP contribution is 2.15. The number of hydrogen-bond acceptors (Lipinski definition) is 4. The summed E-state index contributed by atoms with van der Waals surface area (Å²) in [7, 11) is 0. The number of unbranched alkanes of at least 4 members (excludes halogenated alkanes) is 7. The van der Waals surface area contributed by atoms with Gasteiger partial charge in [0.1, 0.15) is 18.0 Å². The van der Waals surface area contributed by atoms with Crippen LogP contribution in [0.5, 0.6) is 0 Å². The standard InChI is InChI=1S/C15H28N4/c1-3-4-5-6-7-8-9-10-11-17-15-13(2)14(16)18-12-19-15/h12H,3-11H2,1-2H3,(H3,16,17,18,19). The predicted molar refractivity (Wildman–Crippen MR) is 82.3 cm³/mol. The Kier molecular flexibility index (Phi) is 7.94. The molecule has 1 heterocycles. The minimum absolute atomic E-state index is 0.563. The molecule has 0 radical (unpaired) electrons. The summed E-state index contributed by atoms with van der Waals surface area (Å²) in [6, 6.07) is 0. The maximum atomic E-state index is 5.74. The van der Waals surface area contributed by atoms with E-state index >= 15 is 0 Å². The van der Waals surface area contributed by atoms with Gasteiger partial charge in [-0.1, -0.05) is 51.9 Å². The molecule has 0 aliphatic carbocycles. The Morgan fingerprint density at radius 2 is 1.63 bits per heavy atom. The summed E-state index contributed by atoms with van der Waals surface area (Å²) >= 11 is 0. The maximum Gasteiger partial charge on any atom is 0.134 e. The minimum Gasteiger partial charge on any atom is -0.383 e. The third kappa shape index (κ3) is 6.41. The fourth-order valence-electron chi connectivity index (χ4n) is 2.11. The smallest absolute Gasteiger partial charge is 0.134 e. The number of anilines is 2. The highest BCUT2D eigenvalue weighted by Gasteiger charge is 2.02. The van der Waals surface area contributed by atoms with Crippen LogP contribution in [0.3, 0.4) is 0 Å². The molecule has 0 aliphatic rings. The molecule has 0 fully saturated rings. The molecule has 0 unspecified atom stereocenters. The Balaban J connectivity index is 2.03. The number of rotatable bonds is 10. The average molecular weight is 264 g/mol. The molecule has 0 aliphatic heterocycles. The van der Waals surface area contributed by atoms with E-state index in [0.29, 0.717) is 5.82 Å². The van der Waals surface area contributed by atoms with Crippen LogP contribution < -0.4 is 11.1 Å². The van der Waals surface area contributed by atoms with Crippen molar-refractivity contribution in [1.82, 2.24) is 9.97 Å². The van der Waals surface area contributed by atoms with Crippen LogP contribution in [0.25, 0.3) is 0 Å². The van der Waals surface area contributed by atoms with E-state index in [1.54, 1.807) is 0 Å². The van der Waals surface area contributed by atoms with Crippen molar-refractivity contribution in [2.45, 2.75) is 65.2 Å². The van der Waals surface area contributed by atoms with E-state index in [0.717, 1.165) is 17.9 Å². The number of nitrogens with one attached hydrogen (secondary N) is 1. The molecule has 3 N–H and O–H groups in total. The molecular weight excluding hydrogens is 236 g/mol. The predicted octanol–water partition coefficient (Wildman–Crippen LogP) is 3.92. The summed E-state index contributed by atoms with van der Waals surface area (Å²) in [4.78, 5) is 8.16. The SMILES string of the molecule is CCCCCCCCCCNc1ncnc(N)c1C. The van der Waals surface area contributed by atoms with Gasteiger partial charge in [-0.25, -0.2) is 9.97 Å². The van der Waals surface area contributed by atoms with E-state index in [-0.39, 0.29) is 0 Å². The first-order valence-corrected chi connectivity index (χ1v) is 7.56. The Bertz CT molecular complexity index is 352. The van der Waals surface area contributed by atoms with Crippen molar-refractivity contribution in [3.8, 4) is 0 Å². The van der Waals surface area contributed by atoms with E-state index < -0.39 is 0 Å². The fraction of sp³-hybridized carbons (Fsp3) is 0.733. The third-order valence-electron chi connectivity index (χ3n) is 3.45. The number of nitrogen functional groups attached to an aromatic ring is 1.